The number of fused-ring (bicyclic) bond motifs is 3. The summed E-state index contributed by atoms with van der Waals surface area (Å²) in [6.07, 6.45) is 1.42. The molecule has 2 aromatic rings. The van der Waals surface area contributed by atoms with E-state index in [4.69, 9.17) is 9.84 Å². The van der Waals surface area contributed by atoms with Crippen molar-refractivity contribution in [3.05, 3.63) is 59.7 Å². The van der Waals surface area contributed by atoms with E-state index < -0.39 is 23.5 Å². The number of carboxylic acids is 1. The lowest BCUT2D eigenvalue weighted by molar-refractivity contribution is -0.140. The highest BCUT2D eigenvalue weighted by atomic mass is 16.5. The summed E-state index contributed by atoms with van der Waals surface area (Å²) in [6, 6.07) is 16.2. The number of aliphatic carboxylic acids is 1. The van der Waals surface area contributed by atoms with Crippen LogP contribution < -0.4 is 10.6 Å². The van der Waals surface area contributed by atoms with Crippen molar-refractivity contribution < 1.29 is 24.2 Å². The molecule has 0 radical (unpaired) electrons. The number of carbonyl (C=O) groups excluding carboxylic acids is 2. The van der Waals surface area contributed by atoms with Crippen molar-refractivity contribution in [2.24, 2.45) is 0 Å². The summed E-state index contributed by atoms with van der Waals surface area (Å²) in [7, 11) is 0. The van der Waals surface area contributed by atoms with E-state index in [9.17, 15) is 14.4 Å². The largest absolute Gasteiger partial charge is 0.481 e. The van der Waals surface area contributed by atoms with Gasteiger partial charge in [-0.1, -0.05) is 54.5 Å². The van der Waals surface area contributed by atoms with E-state index in [0.717, 1.165) is 28.7 Å². The Morgan fingerprint density at radius 3 is 2.22 bits per heavy atom. The van der Waals surface area contributed by atoms with Crippen molar-refractivity contribution in [2.75, 3.05) is 13.2 Å². The van der Waals surface area contributed by atoms with Crippen molar-refractivity contribution in [3.8, 4) is 23.0 Å². The molecule has 0 heterocycles. The minimum absolute atomic E-state index is 0.0297. The lowest BCUT2D eigenvalue weighted by Gasteiger charge is -2.40. The third kappa shape index (κ3) is 4.59. The molecule has 0 atom stereocenters. The molecular formula is C25H24N2O5. The average molecular weight is 432 g/mol. The number of nitrogens with one attached hydrogen (secondary N) is 2. The zero-order chi connectivity index (χ0) is 22.6. The van der Waals surface area contributed by atoms with Gasteiger partial charge in [0, 0.05) is 5.92 Å². The van der Waals surface area contributed by atoms with Crippen LogP contribution in [0.3, 0.4) is 0 Å². The topological polar surface area (TPSA) is 105 Å². The second-order valence-corrected chi connectivity index (χ2v) is 8.14. The van der Waals surface area contributed by atoms with Crippen LogP contribution in [0, 0.1) is 11.8 Å². The molecule has 3 N–H and O–H groups in total. The molecule has 2 amide bonds. The standard InChI is InChI=1S/C25H24N2O5/c28-22(27-25(12-6-13-25)15-23(29)30)11-5-14-26-24(31)32-16-21-19-9-3-1-7-17(19)18-8-2-4-10-20(18)21/h1-4,7-10,21H,6,12-16H2,(H,26,31)(H,27,28)(H,29,30). The van der Waals surface area contributed by atoms with Crippen LogP contribution in [0.25, 0.3) is 11.1 Å². The number of rotatable bonds is 6. The summed E-state index contributed by atoms with van der Waals surface area (Å²) in [5, 5.41) is 14.2. The van der Waals surface area contributed by atoms with Gasteiger partial charge >= 0.3 is 12.1 Å². The lowest BCUT2D eigenvalue weighted by atomic mass is 9.74. The Hall–Kier alpha value is -3.79. The van der Waals surface area contributed by atoms with Crippen molar-refractivity contribution in [2.45, 2.75) is 37.1 Å². The molecule has 0 aromatic heterocycles. The van der Waals surface area contributed by atoms with E-state index in [1.165, 1.54) is 0 Å². The maximum atomic E-state index is 12.1. The van der Waals surface area contributed by atoms with Gasteiger partial charge in [0.2, 0.25) is 0 Å². The quantitative estimate of drug-likeness (QED) is 0.609. The van der Waals surface area contributed by atoms with Gasteiger partial charge in [-0.3, -0.25) is 9.59 Å². The third-order valence-corrected chi connectivity index (χ3v) is 6.05. The Kier molecular flexibility index (Phi) is 6.13. The normalized spacial score (nSPS) is 15.2. The maximum Gasteiger partial charge on any atom is 0.407 e. The molecule has 2 aromatic carbocycles. The Labute approximate surface area is 186 Å². The predicted octanol–water partition coefficient (Wildman–Crippen LogP) is 3.04. The van der Waals surface area contributed by atoms with Gasteiger partial charge in [0.15, 0.2) is 0 Å². The van der Waals surface area contributed by atoms with Crippen LogP contribution >= 0.6 is 0 Å². The van der Waals surface area contributed by atoms with Crippen LogP contribution in [0.2, 0.25) is 0 Å². The molecule has 4 rings (SSSR count). The zero-order valence-electron chi connectivity index (χ0n) is 17.5. The van der Waals surface area contributed by atoms with Gasteiger partial charge in [-0.25, -0.2) is 4.79 Å². The fourth-order valence-corrected chi connectivity index (χ4v) is 4.40. The minimum atomic E-state index is -0.949. The van der Waals surface area contributed by atoms with Crippen molar-refractivity contribution in [1.82, 2.24) is 10.6 Å². The highest BCUT2D eigenvalue weighted by Crippen LogP contribution is 2.44. The fraction of sp³-hybridized carbons (Fsp3) is 0.320. The first-order valence-corrected chi connectivity index (χ1v) is 10.6. The van der Waals surface area contributed by atoms with E-state index in [1.807, 2.05) is 36.4 Å². The number of hydrogen-bond acceptors (Lipinski definition) is 4. The zero-order valence-corrected chi connectivity index (χ0v) is 17.5. The molecule has 2 aliphatic rings. The number of carbonyl (C=O) groups is 3. The van der Waals surface area contributed by atoms with Gasteiger partial charge in [-0.2, -0.15) is 0 Å². The second-order valence-electron chi connectivity index (χ2n) is 8.14. The SMILES string of the molecule is O=C(O)CC1(NC(=O)C#CCNC(=O)OCC2c3ccccc3-c3ccccc32)CCC1. The molecule has 0 saturated heterocycles. The summed E-state index contributed by atoms with van der Waals surface area (Å²) in [4.78, 5) is 35.1. The summed E-state index contributed by atoms with van der Waals surface area (Å²) in [5.74, 6) is 3.45. The Balaban J connectivity index is 1.26. The molecule has 1 fully saturated rings. The number of benzene rings is 2. The summed E-state index contributed by atoms with van der Waals surface area (Å²) in [5.41, 5.74) is 3.87. The number of amides is 2. The van der Waals surface area contributed by atoms with Crippen LogP contribution in [0.5, 0.6) is 0 Å². The monoisotopic (exact) mass is 432 g/mol. The Bertz CT molecular complexity index is 1070. The van der Waals surface area contributed by atoms with Crippen LogP contribution in [0.1, 0.15) is 42.7 Å². The van der Waals surface area contributed by atoms with Crippen LogP contribution in [-0.4, -0.2) is 41.8 Å². The molecule has 0 aliphatic heterocycles. The van der Waals surface area contributed by atoms with Gasteiger partial charge < -0.3 is 20.5 Å². The first kappa shape index (κ1) is 21.4. The molecule has 0 bridgehead atoms. The number of hydrogen-bond donors (Lipinski definition) is 3. The highest BCUT2D eigenvalue weighted by molar-refractivity contribution is 5.94. The third-order valence-electron chi connectivity index (χ3n) is 6.05. The first-order chi connectivity index (χ1) is 15.5. The summed E-state index contributed by atoms with van der Waals surface area (Å²) >= 11 is 0. The molecule has 32 heavy (non-hydrogen) atoms. The molecule has 7 nitrogen and oxygen atoms in total. The Morgan fingerprint density at radius 2 is 1.66 bits per heavy atom. The molecule has 1 saturated carbocycles. The second kappa shape index (κ2) is 9.15. The van der Waals surface area contributed by atoms with Crippen LogP contribution in [0.15, 0.2) is 48.5 Å². The first-order valence-electron chi connectivity index (χ1n) is 10.6. The van der Waals surface area contributed by atoms with Crippen molar-refractivity contribution in [1.29, 1.82) is 0 Å². The highest BCUT2D eigenvalue weighted by Gasteiger charge is 2.40. The van der Waals surface area contributed by atoms with Gasteiger partial charge in [-0.15, -0.1) is 0 Å². The van der Waals surface area contributed by atoms with Gasteiger partial charge in [0.25, 0.3) is 5.91 Å². The molecule has 7 heteroatoms. The van der Waals surface area contributed by atoms with Crippen LogP contribution in [0.4, 0.5) is 4.79 Å². The molecule has 164 valence electrons. The molecule has 0 unspecified atom stereocenters. The predicted molar refractivity (Wildman–Crippen MR) is 118 cm³/mol. The van der Waals surface area contributed by atoms with Crippen molar-refractivity contribution >= 4 is 18.0 Å². The van der Waals surface area contributed by atoms with E-state index in [2.05, 4.69) is 34.6 Å². The molecule has 2 aliphatic carbocycles. The molecular weight excluding hydrogens is 408 g/mol. The summed E-state index contributed by atoms with van der Waals surface area (Å²) < 4.78 is 5.41. The number of alkyl carbamates (subject to hydrolysis) is 1. The van der Waals surface area contributed by atoms with E-state index in [1.54, 1.807) is 0 Å². The fourth-order valence-electron chi connectivity index (χ4n) is 4.40. The van der Waals surface area contributed by atoms with Gasteiger partial charge in [0.05, 0.1) is 18.5 Å². The maximum absolute atomic E-state index is 12.1. The Morgan fingerprint density at radius 1 is 1.03 bits per heavy atom. The van der Waals surface area contributed by atoms with Crippen molar-refractivity contribution in [3.63, 3.8) is 0 Å². The van der Waals surface area contributed by atoms with E-state index in [0.29, 0.717) is 12.8 Å². The molecule has 0 spiro atoms. The average Bonchev–Trinajstić information content (AvgIpc) is 3.07. The minimum Gasteiger partial charge on any atom is -0.481 e. The van der Waals surface area contributed by atoms with Crippen LogP contribution in [-0.2, 0) is 14.3 Å². The van der Waals surface area contributed by atoms with Gasteiger partial charge in [0.1, 0.15) is 6.61 Å². The summed E-state index contributed by atoms with van der Waals surface area (Å²) in [6.45, 7) is 0.154. The number of carboxylic acid groups (broad SMARTS) is 1. The van der Waals surface area contributed by atoms with E-state index in [-0.39, 0.29) is 25.5 Å². The number of ether oxygens (including phenoxy) is 1. The van der Waals surface area contributed by atoms with E-state index >= 15 is 0 Å². The smallest absolute Gasteiger partial charge is 0.407 e. The lowest BCUT2D eigenvalue weighted by Crippen LogP contribution is -2.54. The van der Waals surface area contributed by atoms with Gasteiger partial charge in [-0.05, 0) is 47.4 Å².